The molecule has 2 aromatic carbocycles. The lowest BCUT2D eigenvalue weighted by molar-refractivity contribution is 0.361. The second-order valence-electron chi connectivity index (χ2n) is 6.32. The number of ether oxygens (including phenoxy) is 1. The average molecular weight is 443 g/mol. The minimum Gasteiger partial charge on any atom is -0.504 e. The van der Waals surface area contributed by atoms with Crippen LogP contribution in [0.25, 0.3) is 0 Å². The zero-order valence-electron chi connectivity index (χ0n) is 14.7. The third-order valence-corrected chi connectivity index (χ3v) is 6.11. The number of phenolic OH excluding ortho intramolecular Hbond substituents is 1. The van der Waals surface area contributed by atoms with Gasteiger partial charge in [-0.3, -0.25) is 10.3 Å². The van der Waals surface area contributed by atoms with Crippen molar-refractivity contribution >= 4 is 33.0 Å². The number of rotatable bonds is 4. The molecule has 6 heteroatoms. The Balaban J connectivity index is 1.74. The van der Waals surface area contributed by atoms with Gasteiger partial charge in [0.2, 0.25) is 0 Å². The number of phenols is 1. The molecule has 1 aromatic heterocycles. The van der Waals surface area contributed by atoms with E-state index >= 15 is 0 Å². The van der Waals surface area contributed by atoms with Crippen molar-refractivity contribution in [2.75, 3.05) is 7.11 Å². The number of hydrogen-bond donors (Lipinski definition) is 2. The first kappa shape index (κ1) is 18.2. The number of nitrogens with one attached hydrogen (secondary N) is 1. The normalized spacial score (nSPS) is 19.6. The summed E-state index contributed by atoms with van der Waals surface area (Å²) in [6.07, 6.45) is 0.539. The summed E-state index contributed by atoms with van der Waals surface area (Å²) in [5.41, 5.74) is 2.93. The van der Waals surface area contributed by atoms with Gasteiger partial charge in [-0.2, -0.15) is 0 Å². The Bertz CT molecular complexity index is 955. The van der Waals surface area contributed by atoms with Crippen molar-refractivity contribution in [1.29, 1.82) is 0 Å². The largest absolute Gasteiger partial charge is 0.504 e. The predicted molar refractivity (Wildman–Crippen MR) is 113 cm³/mol. The highest BCUT2D eigenvalue weighted by molar-refractivity contribution is 9.10. The van der Waals surface area contributed by atoms with Gasteiger partial charge < -0.3 is 9.84 Å². The van der Waals surface area contributed by atoms with Gasteiger partial charge in [0.25, 0.3) is 0 Å². The summed E-state index contributed by atoms with van der Waals surface area (Å²) in [5, 5.41) is 16.3. The molecule has 2 heterocycles. The molecule has 0 aliphatic carbocycles. The standard InChI is InChI=1S/C21H19BrN2O2S/c1-26-18-5-2-4-15(20(18)25)17-12-16(13-7-9-14(22)10-8-13)23-21(24-17)19-6-3-11-27-19/h2-11,17,21,24-25H,12H2,1H3/t17-,21+/m1/s1. The number of aromatic hydroxyl groups is 1. The molecule has 0 saturated carbocycles. The maximum atomic E-state index is 10.6. The molecule has 2 atom stereocenters. The van der Waals surface area contributed by atoms with E-state index in [-0.39, 0.29) is 18.0 Å². The lowest BCUT2D eigenvalue weighted by Gasteiger charge is -2.30. The molecular weight excluding hydrogens is 424 g/mol. The number of methoxy groups -OCH3 is 1. The number of nitrogens with zero attached hydrogens (tertiary/aromatic N) is 1. The van der Waals surface area contributed by atoms with E-state index in [1.165, 1.54) is 0 Å². The van der Waals surface area contributed by atoms with E-state index in [2.05, 4.69) is 44.8 Å². The van der Waals surface area contributed by atoms with Gasteiger partial charge in [-0.05, 0) is 35.2 Å². The maximum Gasteiger partial charge on any atom is 0.162 e. The molecule has 2 N–H and O–H groups in total. The summed E-state index contributed by atoms with van der Waals surface area (Å²) < 4.78 is 6.33. The van der Waals surface area contributed by atoms with Crippen molar-refractivity contribution < 1.29 is 9.84 Å². The summed E-state index contributed by atoms with van der Waals surface area (Å²) in [4.78, 5) is 6.11. The molecule has 1 aliphatic rings. The Morgan fingerprint density at radius 1 is 1.15 bits per heavy atom. The van der Waals surface area contributed by atoms with Gasteiger partial charge in [-0.15, -0.1) is 11.3 Å². The van der Waals surface area contributed by atoms with E-state index in [1.807, 2.05) is 30.3 Å². The second kappa shape index (κ2) is 7.84. The van der Waals surface area contributed by atoms with Crippen LogP contribution in [-0.4, -0.2) is 17.9 Å². The van der Waals surface area contributed by atoms with Crippen molar-refractivity contribution in [3.05, 3.63) is 80.5 Å². The zero-order valence-corrected chi connectivity index (χ0v) is 17.1. The van der Waals surface area contributed by atoms with E-state index in [0.29, 0.717) is 12.2 Å². The lowest BCUT2D eigenvalue weighted by Crippen LogP contribution is -2.32. The minimum atomic E-state index is -0.145. The second-order valence-corrected chi connectivity index (χ2v) is 8.22. The summed E-state index contributed by atoms with van der Waals surface area (Å²) in [6.45, 7) is 0. The highest BCUT2D eigenvalue weighted by Gasteiger charge is 2.28. The van der Waals surface area contributed by atoms with Gasteiger partial charge in [0, 0.05) is 33.1 Å². The Morgan fingerprint density at radius 2 is 1.96 bits per heavy atom. The fraction of sp³-hybridized carbons (Fsp3) is 0.190. The number of aliphatic imine (C=N–C) groups is 1. The number of thiophene rings is 1. The highest BCUT2D eigenvalue weighted by atomic mass is 79.9. The zero-order chi connectivity index (χ0) is 18.8. The third-order valence-electron chi connectivity index (χ3n) is 4.66. The monoisotopic (exact) mass is 442 g/mol. The van der Waals surface area contributed by atoms with E-state index in [9.17, 15) is 5.11 Å². The SMILES string of the molecule is COc1cccc([C@H]2CC(c3ccc(Br)cc3)=N[C@H](c3cccs3)N2)c1O. The van der Waals surface area contributed by atoms with Crippen LogP contribution in [-0.2, 0) is 0 Å². The predicted octanol–water partition coefficient (Wildman–Crippen LogP) is 5.45. The molecule has 0 radical (unpaired) electrons. The molecule has 0 unspecified atom stereocenters. The van der Waals surface area contributed by atoms with Crippen LogP contribution in [0.15, 0.2) is 69.4 Å². The molecule has 0 amide bonds. The fourth-order valence-electron chi connectivity index (χ4n) is 3.30. The molecule has 27 heavy (non-hydrogen) atoms. The number of benzene rings is 2. The molecule has 0 fully saturated rings. The minimum absolute atomic E-state index is 0.0663. The Morgan fingerprint density at radius 3 is 2.67 bits per heavy atom. The van der Waals surface area contributed by atoms with Gasteiger partial charge in [-0.1, -0.05) is 46.3 Å². The van der Waals surface area contributed by atoms with Crippen LogP contribution in [0.4, 0.5) is 0 Å². The Kier molecular flexibility index (Phi) is 5.29. The first-order chi connectivity index (χ1) is 13.2. The summed E-state index contributed by atoms with van der Waals surface area (Å²) in [5.74, 6) is 0.661. The molecule has 138 valence electrons. The topological polar surface area (TPSA) is 53.8 Å². The number of hydrogen-bond acceptors (Lipinski definition) is 5. The summed E-state index contributed by atoms with van der Waals surface area (Å²) >= 11 is 5.16. The first-order valence-electron chi connectivity index (χ1n) is 8.63. The van der Waals surface area contributed by atoms with Crippen molar-refractivity contribution in [1.82, 2.24) is 5.32 Å². The highest BCUT2D eigenvalue weighted by Crippen LogP contribution is 2.39. The van der Waals surface area contributed by atoms with Gasteiger partial charge in [0.15, 0.2) is 11.5 Å². The molecular formula is C21H19BrN2O2S. The molecule has 0 saturated heterocycles. The van der Waals surface area contributed by atoms with Gasteiger partial charge in [0.05, 0.1) is 7.11 Å². The van der Waals surface area contributed by atoms with Crippen molar-refractivity contribution in [3.63, 3.8) is 0 Å². The van der Waals surface area contributed by atoms with Crippen LogP contribution in [0, 0.1) is 0 Å². The van der Waals surface area contributed by atoms with Crippen molar-refractivity contribution in [2.24, 2.45) is 4.99 Å². The van der Waals surface area contributed by atoms with Gasteiger partial charge in [-0.25, -0.2) is 0 Å². The van der Waals surface area contributed by atoms with Gasteiger partial charge >= 0.3 is 0 Å². The van der Waals surface area contributed by atoms with Crippen LogP contribution in [0.1, 0.15) is 34.6 Å². The molecule has 3 aromatic rings. The average Bonchev–Trinajstić information content (AvgIpc) is 3.23. The smallest absolute Gasteiger partial charge is 0.162 e. The number of para-hydroxylation sites is 1. The number of halogens is 1. The molecule has 4 nitrogen and oxygen atoms in total. The van der Waals surface area contributed by atoms with Crippen LogP contribution in [0.3, 0.4) is 0 Å². The van der Waals surface area contributed by atoms with Crippen molar-refractivity contribution in [2.45, 2.75) is 18.6 Å². The fourth-order valence-corrected chi connectivity index (χ4v) is 4.29. The van der Waals surface area contributed by atoms with Crippen LogP contribution in [0.2, 0.25) is 0 Å². The maximum absolute atomic E-state index is 10.6. The summed E-state index contributed by atoms with van der Waals surface area (Å²) in [7, 11) is 1.57. The van der Waals surface area contributed by atoms with E-state index < -0.39 is 0 Å². The molecule has 4 rings (SSSR count). The van der Waals surface area contributed by atoms with E-state index in [4.69, 9.17) is 9.73 Å². The molecule has 0 spiro atoms. The van der Waals surface area contributed by atoms with Crippen LogP contribution < -0.4 is 10.1 Å². The van der Waals surface area contributed by atoms with E-state index in [0.717, 1.165) is 26.2 Å². The van der Waals surface area contributed by atoms with Crippen molar-refractivity contribution in [3.8, 4) is 11.5 Å². The molecule has 0 bridgehead atoms. The van der Waals surface area contributed by atoms with Crippen LogP contribution in [0.5, 0.6) is 11.5 Å². The third kappa shape index (κ3) is 3.78. The quantitative estimate of drug-likeness (QED) is 0.564. The van der Waals surface area contributed by atoms with Gasteiger partial charge in [0.1, 0.15) is 6.17 Å². The summed E-state index contributed by atoms with van der Waals surface area (Å²) in [6, 6.07) is 17.8. The molecule has 1 aliphatic heterocycles. The van der Waals surface area contributed by atoms with Crippen LogP contribution >= 0.6 is 27.3 Å². The van der Waals surface area contributed by atoms with E-state index in [1.54, 1.807) is 24.5 Å². The first-order valence-corrected chi connectivity index (χ1v) is 10.3. The Labute approximate surface area is 170 Å². The Hall–Kier alpha value is -2.15. The lowest BCUT2D eigenvalue weighted by atomic mass is 9.94.